The van der Waals surface area contributed by atoms with Gasteiger partial charge in [0.15, 0.2) is 0 Å². The largest absolute Gasteiger partial charge is 0.313 e. The van der Waals surface area contributed by atoms with Gasteiger partial charge in [-0.05, 0) is 37.2 Å². The van der Waals surface area contributed by atoms with Crippen molar-refractivity contribution in [1.82, 2.24) is 5.32 Å². The number of nitrogens with one attached hydrogen (secondary N) is 1. The standard InChI is InChI=1S/C15H15F2N/c1-10(18-2)11-3-5-12(6-4-11)14-8-7-13(16)9-15(14)17/h3-10,18H,1-2H3. The lowest BCUT2D eigenvalue weighted by molar-refractivity contribution is 0.585. The van der Waals surface area contributed by atoms with Crippen LogP contribution in [0.25, 0.3) is 11.1 Å². The normalized spacial score (nSPS) is 12.4. The van der Waals surface area contributed by atoms with Crippen molar-refractivity contribution in [2.45, 2.75) is 13.0 Å². The molecule has 0 heterocycles. The van der Waals surface area contributed by atoms with Crippen LogP contribution in [0.1, 0.15) is 18.5 Å². The van der Waals surface area contributed by atoms with Gasteiger partial charge >= 0.3 is 0 Å². The minimum Gasteiger partial charge on any atom is -0.313 e. The van der Waals surface area contributed by atoms with Crippen molar-refractivity contribution < 1.29 is 8.78 Å². The Balaban J connectivity index is 2.34. The van der Waals surface area contributed by atoms with Crippen LogP contribution in [0.3, 0.4) is 0 Å². The summed E-state index contributed by atoms with van der Waals surface area (Å²) in [6.45, 7) is 2.05. The third kappa shape index (κ3) is 2.57. The number of hydrogen-bond donors (Lipinski definition) is 1. The second kappa shape index (κ2) is 5.27. The van der Waals surface area contributed by atoms with Gasteiger partial charge < -0.3 is 5.32 Å². The molecular formula is C15H15F2N. The number of rotatable bonds is 3. The summed E-state index contributed by atoms with van der Waals surface area (Å²) in [4.78, 5) is 0. The molecule has 0 spiro atoms. The van der Waals surface area contributed by atoms with Gasteiger partial charge in [0.25, 0.3) is 0 Å². The first-order chi connectivity index (χ1) is 8.61. The molecule has 2 rings (SSSR count). The molecule has 2 aromatic carbocycles. The average Bonchev–Trinajstić information content (AvgIpc) is 2.38. The van der Waals surface area contributed by atoms with Crippen molar-refractivity contribution in [3.63, 3.8) is 0 Å². The summed E-state index contributed by atoms with van der Waals surface area (Å²) in [6.07, 6.45) is 0. The van der Waals surface area contributed by atoms with E-state index in [0.29, 0.717) is 5.56 Å². The highest BCUT2D eigenvalue weighted by Crippen LogP contribution is 2.25. The summed E-state index contributed by atoms with van der Waals surface area (Å²) in [5.74, 6) is -1.10. The van der Waals surface area contributed by atoms with Crippen molar-refractivity contribution in [3.05, 3.63) is 59.7 Å². The highest BCUT2D eigenvalue weighted by Gasteiger charge is 2.07. The van der Waals surface area contributed by atoms with Crippen LogP contribution in [0.2, 0.25) is 0 Å². The zero-order valence-electron chi connectivity index (χ0n) is 10.4. The van der Waals surface area contributed by atoms with Gasteiger partial charge in [-0.1, -0.05) is 24.3 Å². The van der Waals surface area contributed by atoms with E-state index in [1.165, 1.54) is 12.1 Å². The van der Waals surface area contributed by atoms with Crippen LogP contribution in [-0.4, -0.2) is 7.05 Å². The van der Waals surface area contributed by atoms with Crippen LogP contribution in [0.5, 0.6) is 0 Å². The molecule has 0 radical (unpaired) electrons. The van der Waals surface area contributed by atoms with E-state index >= 15 is 0 Å². The summed E-state index contributed by atoms with van der Waals surface area (Å²) >= 11 is 0. The maximum atomic E-state index is 13.6. The van der Waals surface area contributed by atoms with Gasteiger partial charge in [-0.15, -0.1) is 0 Å². The Labute approximate surface area is 105 Å². The second-order valence-electron chi connectivity index (χ2n) is 4.26. The van der Waals surface area contributed by atoms with Crippen LogP contribution in [0, 0.1) is 11.6 Å². The number of benzene rings is 2. The van der Waals surface area contributed by atoms with Gasteiger partial charge in [0.05, 0.1) is 0 Å². The Morgan fingerprint density at radius 2 is 1.67 bits per heavy atom. The predicted molar refractivity (Wildman–Crippen MR) is 69.3 cm³/mol. The second-order valence-corrected chi connectivity index (χ2v) is 4.26. The quantitative estimate of drug-likeness (QED) is 0.867. The minimum atomic E-state index is -0.559. The van der Waals surface area contributed by atoms with Gasteiger partial charge in [-0.25, -0.2) is 8.78 Å². The molecule has 0 fully saturated rings. The predicted octanol–water partition coefficient (Wildman–Crippen LogP) is 3.91. The van der Waals surface area contributed by atoms with E-state index in [1.54, 1.807) is 0 Å². The Morgan fingerprint density at radius 1 is 1.00 bits per heavy atom. The first-order valence-electron chi connectivity index (χ1n) is 5.84. The lowest BCUT2D eigenvalue weighted by Gasteiger charge is -2.11. The summed E-state index contributed by atoms with van der Waals surface area (Å²) in [7, 11) is 1.89. The molecule has 2 aromatic rings. The highest BCUT2D eigenvalue weighted by molar-refractivity contribution is 5.64. The summed E-state index contributed by atoms with van der Waals surface area (Å²) in [5, 5.41) is 3.14. The lowest BCUT2D eigenvalue weighted by atomic mass is 10.0. The van der Waals surface area contributed by atoms with E-state index < -0.39 is 11.6 Å². The fourth-order valence-corrected chi connectivity index (χ4v) is 1.84. The minimum absolute atomic E-state index is 0.247. The molecule has 1 unspecified atom stereocenters. The van der Waals surface area contributed by atoms with E-state index in [9.17, 15) is 8.78 Å². The lowest BCUT2D eigenvalue weighted by Crippen LogP contribution is -2.11. The molecule has 1 atom stereocenters. The Morgan fingerprint density at radius 3 is 2.22 bits per heavy atom. The maximum absolute atomic E-state index is 13.6. The van der Waals surface area contributed by atoms with E-state index in [2.05, 4.69) is 5.32 Å². The monoisotopic (exact) mass is 247 g/mol. The Kier molecular flexibility index (Phi) is 3.72. The Bertz CT molecular complexity index is 535. The molecule has 0 aromatic heterocycles. The smallest absolute Gasteiger partial charge is 0.133 e. The molecule has 0 amide bonds. The van der Waals surface area contributed by atoms with E-state index in [0.717, 1.165) is 17.2 Å². The SMILES string of the molecule is CNC(C)c1ccc(-c2ccc(F)cc2F)cc1. The van der Waals surface area contributed by atoms with E-state index in [4.69, 9.17) is 0 Å². The maximum Gasteiger partial charge on any atom is 0.133 e. The van der Waals surface area contributed by atoms with Crippen LogP contribution in [0.15, 0.2) is 42.5 Å². The van der Waals surface area contributed by atoms with Gasteiger partial charge in [-0.2, -0.15) is 0 Å². The molecule has 1 nitrogen and oxygen atoms in total. The zero-order chi connectivity index (χ0) is 13.1. The van der Waals surface area contributed by atoms with E-state index in [-0.39, 0.29) is 6.04 Å². The fraction of sp³-hybridized carbons (Fsp3) is 0.200. The van der Waals surface area contributed by atoms with Crippen molar-refractivity contribution >= 4 is 0 Å². The molecule has 0 aliphatic rings. The molecule has 3 heteroatoms. The summed E-state index contributed by atoms with van der Waals surface area (Å²) < 4.78 is 26.4. The van der Waals surface area contributed by atoms with Crippen LogP contribution in [-0.2, 0) is 0 Å². The molecule has 0 saturated heterocycles. The fourth-order valence-electron chi connectivity index (χ4n) is 1.84. The molecule has 0 aliphatic carbocycles. The first kappa shape index (κ1) is 12.7. The topological polar surface area (TPSA) is 12.0 Å². The first-order valence-corrected chi connectivity index (χ1v) is 5.84. The van der Waals surface area contributed by atoms with Crippen molar-refractivity contribution in [2.24, 2.45) is 0 Å². The van der Waals surface area contributed by atoms with Crippen LogP contribution >= 0.6 is 0 Å². The van der Waals surface area contributed by atoms with Crippen LogP contribution < -0.4 is 5.32 Å². The average molecular weight is 247 g/mol. The summed E-state index contributed by atoms with van der Waals surface area (Å²) in [5.41, 5.74) is 2.29. The highest BCUT2D eigenvalue weighted by atomic mass is 19.1. The molecule has 0 aliphatic heterocycles. The zero-order valence-corrected chi connectivity index (χ0v) is 10.4. The molecule has 18 heavy (non-hydrogen) atoms. The molecule has 94 valence electrons. The van der Waals surface area contributed by atoms with Gasteiger partial charge in [-0.3, -0.25) is 0 Å². The van der Waals surface area contributed by atoms with Gasteiger partial charge in [0.1, 0.15) is 11.6 Å². The summed E-state index contributed by atoms with van der Waals surface area (Å²) in [6, 6.07) is 11.5. The van der Waals surface area contributed by atoms with Gasteiger partial charge in [0.2, 0.25) is 0 Å². The van der Waals surface area contributed by atoms with Crippen molar-refractivity contribution in [1.29, 1.82) is 0 Å². The number of hydrogen-bond acceptors (Lipinski definition) is 1. The van der Waals surface area contributed by atoms with Gasteiger partial charge in [0, 0.05) is 17.7 Å². The Hall–Kier alpha value is -1.74. The van der Waals surface area contributed by atoms with Crippen LogP contribution in [0.4, 0.5) is 8.78 Å². The van der Waals surface area contributed by atoms with Crippen molar-refractivity contribution in [2.75, 3.05) is 7.05 Å². The third-order valence-electron chi connectivity index (χ3n) is 3.09. The molecule has 0 bridgehead atoms. The van der Waals surface area contributed by atoms with E-state index in [1.807, 2.05) is 38.2 Å². The third-order valence-corrected chi connectivity index (χ3v) is 3.09. The number of halogens is 2. The molecule has 0 saturated carbocycles. The molecular weight excluding hydrogens is 232 g/mol. The molecule has 1 N–H and O–H groups in total. The van der Waals surface area contributed by atoms with Crippen molar-refractivity contribution in [3.8, 4) is 11.1 Å².